The van der Waals surface area contributed by atoms with Crippen molar-refractivity contribution in [3.63, 3.8) is 0 Å². The van der Waals surface area contributed by atoms with Crippen LogP contribution in [0.5, 0.6) is 11.5 Å². The Morgan fingerprint density at radius 1 is 1.15 bits per heavy atom. The van der Waals surface area contributed by atoms with Gasteiger partial charge in [-0.15, -0.1) is 0 Å². The third kappa shape index (κ3) is 4.11. The molecule has 7 heteroatoms. The van der Waals surface area contributed by atoms with Crippen molar-refractivity contribution in [3.8, 4) is 11.5 Å². The SMILES string of the molecule is CC(=O)N(CCNC(=O)c1ccccc1F)Cc1ccc2c(c1)OCO2. The maximum absolute atomic E-state index is 13.6. The maximum atomic E-state index is 13.6. The largest absolute Gasteiger partial charge is 0.454 e. The predicted octanol–water partition coefficient (Wildman–Crippen LogP) is 2.33. The zero-order valence-corrected chi connectivity index (χ0v) is 14.3. The first-order valence-electron chi connectivity index (χ1n) is 8.21. The van der Waals surface area contributed by atoms with Crippen molar-refractivity contribution in [2.45, 2.75) is 13.5 Å². The molecule has 26 heavy (non-hydrogen) atoms. The van der Waals surface area contributed by atoms with Gasteiger partial charge in [-0.2, -0.15) is 0 Å². The van der Waals surface area contributed by atoms with Gasteiger partial charge in [0.25, 0.3) is 5.91 Å². The lowest BCUT2D eigenvalue weighted by Gasteiger charge is -2.21. The molecule has 6 nitrogen and oxygen atoms in total. The van der Waals surface area contributed by atoms with Crippen LogP contribution in [-0.4, -0.2) is 36.6 Å². The number of fused-ring (bicyclic) bond motifs is 1. The van der Waals surface area contributed by atoms with Gasteiger partial charge in [-0.05, 0) is 29.8 Å². The van der Waals surface area contributed by atoms with Crippen molar-refractivity contribution in [3.05, 3.63) is 59.4 Å². The van der Waals surface area contributed by atoms with Crippen LogP contribution in [0.4, 0.5) is 4.39 Å². The van der Waals surface area contributed by atoms with Gasteiger partial charge in [0, 0.05) is 26.6 Å². The summed E-state index contributed by atoms with van der Waals surface area (Å²) < 4.78 is 24.2. The number of benzene rings is 2. The van der Waals surface area contributed by atoms with Crippen LogP contribution >= 0.6 is 0 Å². The molecule has 0 saturated heterocycles. The van der Waals surface area contributed by atoms with E-state index in [4.69, 9.17) is 9.47 Å². The normalized spacial score (nSPS) is 11.9. The molecular formula is C19H19FN2O4. The van der Waals surface area contributed by atoms with Crippen molar-refractivity contribution in [2.24, 2.45) is 0 Å². The lowest BCUT2D eigenvalue weighted by molar-refractivity contribution is -0.129. The number of amides is 2. The van der Waals surface area contributed by atoms with E-state index in [1.54, 1.807) is 17.0 Å². The Bertz CT molecular complexity index is 825. The minimum Gasteiger partial charge on any atom is -0.454 e. The number of hydrogen-bond acceptors (Lipinski definition) is 4. The molecule has 1 N–H and O–H groups in total. The van der Waals surface area contributed by atoms with Gasteiger partial charge in [0.15, 0.2) is 11.5 Å². The Balaban J connectivity index is 1.56. The average molecular weight is 358 g/mol. The summed E-state index contributed by atoms with van der Waals surface area (Å²) in [5.41, 5.74) is 0.877. The van der Waals surface area contributed by atoms with Crippen LogP contribution < -0.4 is 14.8 Å². The van der Waals surface area contributed by atoms with Gasteiger partial charge < -0.3 is 19.7 Å². The van der Waals surface area contributed by atoms with Crippen molar-refractivity contribution < 1.29 is 23.5 Å². The average Bonchev–Trinajstić information content (AvgIpc) is 3.08. The number of rotatable bonds is 6. The van der Waals surface area contributed by atoms with Crippen molar-refractivity contribution in [1.29, 1.82) is 0 Å². The molecule has 0 saturated carbocycles. The lowest BCUT2D eigenvalue weighted by Crippen LogP contribution is -2.37. The van der Waals surface area contributed by atoms with Gasteiger partial charge in [-0.1, -0.05) is 18.2 Å². The second-order valence-corrected chi connectivity index (χ2v) is 5.86. The summed E-state index contributed by atoms with van der Waals surface area (Å²) in [4.78, 5) is 25.5. The number of hydrogen-bond donors (Lipinski definition) is 1. The number of carbonyl (C=O) groups excluding carboxylic acids is 2. The minimum atomic E-state index is -0.575. The fourth-order valence-electron chi connectivity index (χ4n) is 2.65. The molecule has 0 unspecified atom stereocenters. The monoisotopic (exact) mass is 358 g/mol. The molecular weight excluding hydrogens is 339 g/mol. The zero-order chi connectivity index (χ0) is 18.5. The molecule has 2 aromatic rings. The Morgan fingerprint density at radius 3 is 2.69 bits per heavy atom. The van der Waals surface area contributed by atoms with E-state index < -0.39 is 11.7 Å². The molecule has 3 rings (SSSR count). The van der Waals surface area contributed by atoms with E-state index in [2.05, 4.69) is 5.32 Å². The van der Waals surface area contributed by atoms with Crippen LogP contribution in [0, 0.1) is 5.82 Å². The number of nitrogens with zero attached hydrogens (tertiary/aromatic N) is 1. The van der Waals surface area contributed by atoms with Crippen LogP contribution in [0.2, 0.25) is 0 Å². The molecule has 0 fully saturated rings. The Morgan fingerprint density at radius 2 is 1.92 bits per heavy atom. The first-order valence-corrected chi connectivity index (χ1v) is 8.21. The smallest absolute Gasteiger partial charge is 0.254 e. The van der Waals surface area contributed by atoms with Gasteiger partial charge in [0.2, 0.25) is 12.7 Å². The van der Waals surface area contributed by atoms with Gasteiger partial charge in [-0.3, -0.25) is 9.59 Å². The van der Waals surface area contributed by atoms with Gasteiger partial charge in [-0.25, -0.2) is 4.39 Å². The molecule has 2 amide bonds. The quantitative estimate of drug-likeness (QED) is 0.861. The minimum absolute atomic E-state index is 0.0161. The highest BCUT2D eigenvalue weighted by Gasteiger charge is 2.16. The molecule has 0 radical (unpaired) electrons. The maximum Gasteiger partial charge on any atom is 0.254 e. The molecule has 2 aromatic carbocycles. The third-order valence-corrected chi connectivity index (χ3v) is 4.04. The lowest BCUT2D eigenvalue weighted by atomic mass is 10.2. The van der Waals surface area contributed by atoms with E-state index in [0.717, 1.165) is 5.56 Å². The first kappa shape index (κ1) is 17.7. The predicted molar refractivity (Wildman–Crippen MR) is 92.4 cm³/mol. The molecule has 0 aromatic heterocycles. The zero-order valence-electron chi connectivity index (χ0n) is 14.3. The van der Waals surface area contributed by atoms with E-state index in [-0.39, 0.29) is 24.8 Å². The summed E-state index contributed by atoms with van der Waals surface area (Å²) in [6.45, 7) is 2.56. The summed E-state index contributed by atoms with van der Waals surface area (Å²) >= 11 is 0. The second kappa shape index (κ2) is 7.86. The van der Waals surface area contributed by atoms with Gasteiger partial charge in [0.05, 0.1) is 5.56 Å². The summed E-state index contributed by atoms with van der Waals surface area (Å²) in [6.07, 6.45) is 0. The number of ether oxygens (including phenoxy) is 2. The summed E-state index contributed by atoms with van der Waals surface area (Å²) in [6, 6.07) is 11.3. The molecule has 0 aliphatic carbocycles. The van der Waals surface area contributed by atoms with Crippen molar-refractivity contribution >= 4 is 11.8 Å². The number of halogens is 1. The third-order valence-electron chi connectivity index (χ3n) is 4.04. The fourth-order valence-corrected chi connectivity index (χ4v) is 2.65. The Hall–Kier alpha value is -3.09. The van der Waals surface area contributed by atoms with Crippen LogP contribution in [0.3, 0.4) is 0 Å². The van der Waals surface area contributed by atoms with E-state index in [1.165, 1.54) is 25.1 Å². The van der Waals surface area contributed by atoms with Crippen molar-refractivity contribution in [2.75, 3.05) is 19.9 Å². The molecule has 1 heterocycles. The van der Waals surface area contributed by atoms with E-state index in [9.17, 15) is 14.0 Å². The van der Waals surface area contributed by atoms with Crippen LogP contribution in [0.15, 0.2) is 42.5 Å². The van der Waals surface area contributed by atoms with Crippen LogP contribution in [-0.2, 0) is 11.3 Å². The van der Waals surface area contributed by atoms with E-state index >= 15 is 0 Å². The number of nitrogens with one attached hydrogen (secondary N) is 1. The molecule has 0 bridgehead atoms. The van der Waals surface area contributed by atoms with E-state index in [1.807, 2.05) is 12.1 Å². The van der Waals surface area contributed by atoms with Crippen molar-refractivity contribution in [1.82, 2.24) is 10.2 Å². The highest BCUT2D eigenvalue weighted by molar-refractivity contribution is 5.94. The molecule has 0 atom stereocenters. The van der Waals surface area contributed by atoms with Crippen LogP contribution in [0.1, 0.15) is 22.8 Å². The fraction of sp³-hybridized carbons (Fsp3) is 0.263. The highest BCUT2D eigenvalue weighted by Crippen LogP contribution is 2.32. The van der Waals surface area contributed by atoms with Gasteiger partial charge in [0.1, 0.15) is 5.82 Å². The standard InChI is InChI=1S/C19H19FN2O4/c1-13(23)22(11-14-6-7-17-18(10-14)26-12-25-17)9-8-21-19(24)15-4-2-3-5-16(15)20/h2-7,10H,8-9,11-12H2,1H3,(H,21,24). The topological polar surface area (TPSA) is 67.9 Å². The van der Waals surface area contributed by atoms with E-state index in [0.29, 0.717) is 24.6 Å². The highest BCUT2D eigenvalue weighted by atomic mass is 19.1. The second-order valence-electron chi connectivity index (χ2n) is 5.86. The summed E-state index contributed by atoms with van der Waals surface area (Å²) in [7, 11) is 0. The van der Waals surface area contributed by atoms with Crippen LogP contribution in [0.25, 0.3) is 0 Å². The Labute approximate surface area is 150 Å². The number of carbonyl (C=O) groups is 2. The molecule has 1 aliphatic heterocycles. The first-order chi connectivity index (χ1) is 12.5. The summed E-state index contributed by atoms with van der Waals surface area (Å²) in [5.74, 6) is 0.130. The molecule has 136 valence electrons. The molecule has 0 spiro atoms. The Kier molecular flexibility index (Phi) is 5.36. The summed E-state index contributed by atoms with van der Waals surface area (Å²) in [5, 5.41) is 2.64. The van der Waals surface area contributed by atoms with Gasteiger partial charge >= 0.3 is 0 Å². The molecule has 1 aliphatic rings.